The van der Waals surface area contributed by atoms with Crippen LogP contribution in [0.3, 0.4) is 0 Å². The third-order valence-electron chi connectivity index (χ3n) is 3.01. The molecule has 0 spiro atoms. The first kappa shape index (κ1) is 14.2. The molecule has 0 aliphatic heterocycles. The Hall–Kier alpha value is -1.20. The van der Waals surface area contributed by atoms with Crippen molar-refractivity contribution in [1.82, 2.24) is 15.5 Å². The van der Waals surface area contributed by atoms with Crippen molar-refractivity contribution in [2.24, 2.45) is 0 Å². The molecule has 0 bridgehead atoms. The number of halogens is 1. The van der Waals surface area contributed by atoms with E-state index in [1.807, 2.05) is 39.0 Å². The van der Waals surface area contributed by atoms with Crippen LogP contribution >= 0.6 is 15.9 Å². The smallest absolute Gasteiger partial charge is 0.246 e. The third kappa shape index (κ3) is 3.04. The molecule has 1 aromatic carbocycles. The largest absolute Gasteiger partial charge is 0.337 e. The molecule has 5 heteroatoms. The number of nitrogens with one attached hydrogen (secondary N) is 1. The number of hydrogen-bond acceptors (Lipinski definition) is 4. The number of nitrogens with zero attached hydrogens (tertiary/aromatic N) is 2. The second kappa shape index (κ2) is 5.43. The molecule has 0 saturated heterocycles. The van der Waals surface area contributed by atoms with Gasteiger partial charge in [-0.15, -0.1) is 0 Å². The van der Waals surface area contributed by atoms with Gasteiger partial charge in [0.15, 0.2) is 0 Å². The minimum Gasteiger partial charge on any atom is -0.337 e. The van der Waals surface area contributed by atoms with Gasteiger partial charge in [0.25, 0.3) is 0 Å². The predicted molar refractivity (Wildman–Crippen MR) is 78.9 cm³/mol. The molecule has 0 aliphatic carbocycles. The average Bonchev–Trinajstić information content (AvgIpc) is 2.78. The summed E-state index contributed by atoms with van der Waals surface area (Å²) in [6.07, 6.45) is 0. The zero-order valence-corrected chi connectivity index (χ0v) is 13.2. The van der Waals surface area contributed by atoms with Crippen molar-refractivity contribution in [2.45, 2.75) is 33.2 Å². The number of rotatable bonds is 4. The molecule has 2 aromatic rings. The summed E-state index contributed by atoms with van der Waals surface area (Å²) in [5.74, 6) is 1.23. The lowest BCUT2D eigenvalue weighted by Crippen LogP contribution is -2.36. The lowest BCUT2D eigenvalue weighted by Gasteiger charge is -2.20. The lowest BCUT2D eigenvalue weighted by molar-refractivity contribution is 0.272. The number of benzene rings is 1. The molecule has 102 valence electrons. The van der Waals surface area contributed by atoms with Gasteiger partial charge < -0.3 is 9.84 Å². The van der Waals surface area contributed by atoms with Gasteiger partial charge in [0.05, 0.1) is 5.54 Å². The Labute approximate surface area is 121 Å². The standard InChI is InChI=1S/C14H18BrN3O/c1-5-16-14(3,4)13-17-12(18-19-13)11-7-6-10(15)8-9(11)2/h6-8,16H,5H2,1-4H3. The Morgan fingerprint density at radius 3 is 2.74 bits per heavy atom. The topological polar surface area (TPSA) is 51.0 Å². The fourth-order valence-corrected chi connectivity index (χ4v) is 2.46. The van der Waals surface area contributed by atoms with E-state index in [4.69, 9.17) is 4.52 Å². The predicted octanol–water partition coefficient (Wildman–Crippen LogP) is 3.65. The van der Waals surface area contributed by atoms with E-state index in [0.717, 1.165) is 22.1 Å². The molecule has 1 heterocycles. The van der Waals surface area contributed by atoms with Crippen molar-refractivity contribution in [3.8, 4) is 11.4 Å². The molecule has 4 nitrogen and oxygen atoms in total. The van der Waals surface area contributed by atoms with E-state index in [9.17, 15) is 0 Å². The van der Waals surface area contributed by atoms with Gasteiger partial charge in [-0.1, -0.05) is 28.0 Å². The number of aryl methyl sites for hydroxylation is 1. The molecular formula is C14H18BrN3O. The highest BCUT2D eigenvalue weighted by atomic mass is 79.9. The number of aromatic nitrogens is 2. The zero-order chi connectivity index (χ0) is 14.0. The second-order valence-electron chi connectivity index (χ2n) is 5.04. The molecule has 0 atom stereocenters. The Morgan fingerprint density at radius 1 is 1.37 bits per heavy atom. The molecule has 1 N–H and O–H groups in total. The fraction of sp³-hybridized carbons (Fsp3) is 0.429. The summed E-state index contributed by atoms with van der Waals surface area (Å²) in [4.78, 5) is 4.51. The maximum absolute atomic E-state index is 5.39. The highest BCUT2D eigenvalue weighted by molar-refractivity contribution is 9.10. The summed E-state index contributed by atoms with van der Waals surface area (Å²) in [5, 5.41) is 7.41. The molecule has 0 radical (unpaired) electrons. The highest BCUT2D eigenvalue weighted by Crippen LogP contribution is 2.26. The van der Waals surface area contributed by atoms with Crippen molar-refractivity contribution in [2.75, 3.05) is 6.54 Å². The van der Waals surface area contributed by atoms with E-state index in [2.05, 4.69) is 38.3 Å². The minimum absolute atomic E-state index is 0.316. The first-order valence-corrected chi connectivity index (χ1v) is 7.09. The van der Waals surface area contributed by atoms with E-state index in [-0.39, 0.29) is 5.54 Å². The summed E-state index contributed by atoms with van der Waals surface area (Å²) in [6, 6.07) is 6.02. The summed E-state index contributed by atoms with van der Waals surface area (Å²) in [7, 11) is 0. The monoisotopic (exact) mass is 323 g/mol. The molecule has 0 saturated carbocycles. The van der Waals surface area contributed by atoms with Crippen LogP contribution in [0.2, 0.25) is 0 Å². The van der Waals surface area contributed by atoms with E-state index >= 15 is 0 Å². The fourth-order valence-electron chi connectivity index (χ4n) is 1.98. The maximum Gasteiger partial charge on any atom is 0.246 e. The van der Waals surface area contributed by atoms with Gasteiger partial charge >= 0.3 is 0 Å². The molecule has 0 amide bonds. The third-order valence-corrected chi connectivity index (χ3v) is 3.50. The Balaban J connectivity index is 2.35. The van der Waals surface area contributed by atoms with E-state index in [0.29, 0.717) is 11.7 Å². The highest BCUT2D eigenvalue weighted by Gasteiger charge is 2.26. The van der Waals surface area contributed by atoms with Gasteiger partial charge in [0, 0.05) is 10.0 Å². The average molecular weight is 324 g/mol. The molecule has 0 aliphatic rings. The van der Waals surface area contributed by atoms with Gasteiger partial charge in [0.1, 0.15) is 0 Å². The van der Waals surface area contributed by atoms with Crippen molar-refractivity contribution >= 4 is 15.9 Å². The first-order valence-electron chi connectivity index (χ1n) is 6.30. The van der Waals surface area contributed by atoms with E-state index in [1.54, 1.807) is 0 Å². The van der Waals surface area contributed by atoms with Crippen molar-refractivity contribution in [3.63, 3.8) is 0 Å². The van der Waals surface area contributed by atoms with Gasteiger partial charge in [-0.05, 0) is 51.1 Å². The van der Waals surface area contributed by atoms with E-state index in [1.165, 1.54) is 0 Å². The Kier molecular flexibility index (Phi) is 4.06. The Bertz CT molecular complexity index is 578. The van der Waals surface area contributed by atoms with Crippen LogP contribution in [0.4, 0.5) is 0 Å². The van der Waals surface area contributed by atoms with Crippen molar-refractivity contribution in [1.29, 1.82) is 0 Å². The summed E-state index contributed by atoms with van der Waals surface area (Å²) < 4.78 is 6.43. The van der Waals surface area contributed by atoms with Crippen LogP contribution in [0.1, 0.15) is 32.2 Å². The molecule has 1 aromatic heterocycles. The lowest BCUT2D eigenvalue weighted by atomic mass is 10.1. The first-order chi connectivity index (χ1) is 8.94. The summed E-state index contributed by atoms with van der Waals surface area (Å²) >= 11 is 3.45. The normalized spacial score (nSPS) is 11.8. The van der Waals surface area contributed by atoms with Crippen LogP contribution in [0.15, 0.2) is 27.2 Å². The quantitative estimate of drug-likeness (QED) is 0.933. The summed E-state index contributed by atoms with van der Waals surface area (Å²) in [6.45, 7) is 9.00. The van der Waals surface area contributed by atoms with Crippen LogP contribution in [-0.4, -0.2) is 16.7 Å². The Morgan fingerprint density at radius 2 is 2.11 bits per heavy atom. The van der Waals surface area contributed by atoms with Crippen LogP contribution < -0.4 is 5.32 Å². The minimum atomic E-state index is -0.316. The summed E-state index contributed by atoms with van der Waals surface area (Å²) in [5.41, 5.74) is 1.79. The second-order valence-corrected chi connectivity index (χ2v) is 5.95. The maximum atomic E-state index is 5.39. The van der Waals surface area contributed by atoms with Crippen molar-refractivity contribution in [3.05, 3.63) is 34.1 Å². The van der Waals surface area contributed by atoms with E-state index < -0.39 is 0 Å². The van der Waals surface area contributed by atoms with Crippen LogP contribution in [0, 0.1) is 6.92 Å². The molecule has 19 heavy (non-hydrogen) atoms. The number of hydrogen-bond donors (Lipinski definition) is 1. The van der Waals surface area contributed by atoms with Crippen LogP contribution in [0.25, 0.3) is 11.4 Å². The van der Waals surface area contributed by atoms with Gasteiger partial charge in [-0.25, -0.2) is 0 Å². The van der Waals surface area contributed by atoms with Crippen LogP contribution in [-0.2, 0) is 5.54 Å². The molecule has 0 fully saturated rings. The van der Waals surface area contributed by atoms with Gasteiger partial charge in [0.2, 0.25) is 11.7 Å². The van der Waals surface area contributed by atoms with Gasteiger partial charge in [-0.2, -0.15) is 4.98 Å². The SMILES string of the molecule is CCNC(C)(C)c1nc(-c2ccc(Br)cc2C)no1. The zero-order valence-electron chi connectivity index (χ0n) is 11.6. The van der Waals surface area contributed by atoms with Crippen LogP contribution in [0.5, 0.6) is 0 Å². The van der Waals surface area contributed by atoms with Gasteiger partial charge in [-0.3, -0.25) is 0 Å². The molecular weight excluding hydrogens is 306 g/mol. The molecule has 0 unspecified atom stereocenters. The van der Waals surface area contributed by atoms with Crippen molar-refractivity contribution < 1.29 is 4.52 Å². The molecule has 2 rings (SSSR count).